The average Bonchev–Trinajstić information content (AvgIpc) is 3.01. The standard InChI is InChI=1S/C13H16N2O2S/c1-15(2)11(12-4-3-6-17-12)8-14-13(16)10-5-7-18-9-10/h3-7,9,11H,8H2,1-2H3,(H,14,16). The summed E-state index contributed by atoms with van der Waals surface area (Å²) in [4.78, 5) is 13.9. The minimum Gasteiger partial charge on any atom is -0.468 e. The fourth-order valence-electron chi connectivity index (χ4n) is 1.70. The van der Waals surface area contributed by atoms with Crippen LogP contribution in [0.1, 0.15) is 22.2 Å². The molecular formula is C13H16N2O2S. The fourth-order valence-corrected chi connectivity index (χ4v) is 2.34. The lowest BCUT2D eigenvalue weighted by molar-refractivity contribution is 0.0939. The number of thiophene rings is 1. The van der Waals surface area contributed by atoms with Crippen molar-refractivity contribution >= 4 is 17.2 Å². The molecule has 96 valence electrons. The first kappa shape index (κ1) is 12.9. The van der Waals surface area contributed by atoms with E-state index in [2.05, 4.69) is 5.32 Å². The van der Waals surface area contributed by atoms with Crippen molar-refractivity contribution in [2.24, 2.45) is 0 Å². The average molecular weight is 264 g/mol. The Balaban J connectivity index is 1.97. The molecule has 0 aliphatic carbocycles. The maximum Gasteiger partial charge on any atom is 0.252 e. The number of amides is 1. The molecular weight excluding hydrogens is 248 g/mol. The van der Waals surface area contributed by atoms with E-state index in [1.165, 1.54) is 11.3 Å². The molecule has 0 saturated heterocycles. The minimum absolute atomic E-state index is 0.0441. The lowest BCUT2D eigenvalue weighted by Crippen LogP contribution is -2.34. The molecule has 0 aliphatic rings. The quantitative estimate of drug-likeness (QED) is 0.901. The van der Waals surface area contributed by atoms with Crippen LogP contribution in [0.3, 0.4) is 0 Å². The van der Waals surface area contributed by atoms with Gasteiger partial charge in [0.15, 0.2) is 0 Å². The second kappa shape index (κ2) is 5.84. The van der Waals surface area contributed by atoms with Crippen molar-refractivity contribution in [3.8, 4) is 0 Å². The molecule has 2 aromatic heterocycles. The number of carbonyl (C=O) groups is 1. The van der Waals surface area contributed by atoms with Crippen LogP contribution in [-0.4, -0.2) is 31.4 Å². The van der Waals surface area contributed by atoms with E-state index in [0.29, 0.717) is 12.1 Å². The molecule has 5 heteroatoms. The van der Waals surface area contributed by atoms with Crippen molar-refractivity contribution in [3.05, 3.63) is 46.5 Å². The van der Waals surface area contributed by atoms with Crippen LogP contribution in [0.15, 0.2) is 39.6 Å². The predicted octanol–water partition coefficient (Wildman–Crippen LogP) is 2.37. The Morgan fingerprint density at radius 3 is 2.89 bits per heavy atom. The van der Waals surface area contributed by atoms with Gasteiger partial charge in [0.25, 0.3) is 5.91 Å². The van der Waals surface area contributed by atoms with Crippen LogP contribution >= 0.6 is 11.3 Å². The number of furan rings is 1. The second-order valence-corrected chi connectivity index (χ2v) is 5.00. The summed E-state index contributed by atoms with van der Waals surface area (Å²) >= 11 is 1.52. The highest BCUT2D eigenvalue weighted by atomic mass is 32.1. The number of nitrogens with one attached hydrogen (secondary N) is 1. The zero-order valence-electron chi connectivity index (χ0n) is 10.4. The van der Waals surface area contributed by atoms with Gasteiger partial charge >= 0.3 is 0 Å². The van der Waals surface area contributed by atoms with Gasteiger partial charge in [-0.15, -0.1) is 0 Å². The van der Waals surface area contributed by atoms with Gasteiger partial charge in [-0.2, -0.15) is 11.3 Å². The predicted molar refractivity (Wildman–Crippen MR) is 71.8 cm³/mol. The first-order valence-corrected chi connectivity index (χ1v) is 6.63. The van der Waals surface area contributed by atoms with Crippen LogP contribution in [0.2, 0.25) is 0 Å². The highest BCUT2D eigenvalue weighted by Gasteiger charge is 2.18. The van der Waals surface area contributed by atoms with Gasteiger partial charge in [0.2, 0.25) is 0 Å². The monoisotopic (exact) mass is 264 g/mol. The molecule has 4 nitrogen and oxygen atoms in total. The summed E-state index contributed by atoms with van der Waals surface area (Å²) in [5.74, 6) is 0.806. The summed E-state index contributed by atoms with van der Waals surface area (Å²) in [7, 11) is 3.92. The highest BCUT2D eigenvalue weighted by Crippen LogP contribution is 2.17. The smallest absolute Gasteiger partial charge is 0.252 e. The van der Waals surface area contributed by atoms with Crippen molar-refractivity contribution in [2.45, 2.75) is 6.04 Å². The molecule has 1 amide bonds. The zero-order chi connectivity index (χ0) is 13.0. The highest BCUT2D eigenvalue weighted by molar-refractivity contribution is 7.08. The Kier molecular flexibility index (Phi) is 4.17. The summed E-state index contributed by atoms with van der Waals surface area (Å²) in [6.07, 6.45) is 1.65. The fraction of sp³-hybridized carbons (Fsp3) is 0.308. The van der Waals surface area contributed by atoms with E-state index in [4.69, 9.17) is 4.42 Å². The van der Waals surface area contributed by atoms with Gasteiger partial charge in [0, 0.05) is 17.5 Å². The van der Waals surface area contributed by atoms with Crippen LogP contribution in [0.5, 0.6) is 0 Å². The zero-order valence-corrected chi connectivity index (χ0v) is 11.2. The van der Waals surface area contributed by atoms with Gasteiger partial charge in [-0.25, -0.2) is 0 Å². The number of rotatable bonds is 5. The van der Waals surface area contributed by atoms with Gasteiger partial charge in [-0.3, -0.25) is 9.69 Å². The Morgan fingerprint density at radius 1 is 1.50 bits per heavy atom. The molecule has 0 bridgehead atoms. The first-order chi connectivity index (χ1) is 8.68. The molecule has 0 spiro atoms. The molecule has 2 heterocycles. The Labute approximate surface area is 110 Å². The summed E-state index contributed by atoms with van der Waals surface area (Å²) in [5.41, 5.74) is 0.706. The normalized spacial score (nSPS) is 12.6. The molecule has 1 unspecified atom stereocenters. The van der Waals surface area contributed by atoms with E-state index in [9.17, 15) is 4.79 Å². The first-order valence-electron chi connectivity index (χ1n) is 5.68. The summed E-state index contributed by atoms with van der Waals surface area (Å²) in [5, 5.41) is 6.65. The lowest BCUT2D eigenvalue weighted by Gasteiger charge is -2.22. The third-order valence-electron chi connectivity index (χ3n) is 2.73. The molecule has 1 atom stereocenters. The van der Waals surface area contributed by atoms with Crippen molar-refractivity contribution in [3.63, 3.8) is 0 Å². The largest absolute Gasteiger partial charge is 0.468 e. The van der Waals surface area contributed by atoms with Gasteiger partial charge in [0.05, 0.1) is 12.3 Å². The number of hydrogen-bond acceptors (Lipinski definition) is 4. The van der Waals surface area contributed by atoms with Crippen LogP contribution in [0, 0.1) is 0 Å². The molecule has 2 rings (SSSR count). The Hall–Kier alpha value is -1.59. The van der Waals surface area contributed by atoms with E-state index in [-0.39, 0.29) is 11.9 Å². The number of likely N-dealkylation sites (N-methyl/N-ethyl adjacent to an activating group) is 1. The van der Waals surface area contributed by atoms with Crippen molar-refractivity contribution in [1.29, 1.82) is 0 Å². The topological polar surface area (TPSA) is 45.5 Å². The van der Waals surface area contributed by atoms with E-state index in [1.54, 1.807) is 6.26 Å². The van der Waals surface area contributed by atoms with Crippen LogP contribution in [-0.2, 0) is 0 Å². The van der Waals surface area contributed by atoms with Gasteiger partial charge in [-0.1, -0.05) is 0 Å². The minimum atomic E-state index is -0.0466. The van der Waals surface area contributed by atoms with Crippen LogP contribution < -0.4 is 5.32 Å². The maximum absolute atomic E-state index is 11.8. The van der Waals surface area contributed by atoms with Crippen LogP contribution in [0.4, 0.5) is 0 Å². The lowest BCUT2D eigenvalue weighted by atomic mass is 10.2. The molecule has 0 saturated carbocycles. The third kappa shape index (κ3) is 3.00. The van der Waals surface area contributed by atoms with E-state index in [1.807, 2.05) is 48.0 Å². The summed E-state index contributed by atoms with van der Waals surface area (Å²) < 4.78 is 5.39. The van der Waals surface area contributed by atoms with Crippen molar-refractivity contribution in [1.82, 2.24) is 10.2 Å². The molecule has 1 N–H and O–H groups in total. The van der Waals surface area contributed by atoms with Gasteiger partial charge in [0.1, 0.15) is 5.76 Å². The SMILES string of the molecule is CN(C)C(CNC(=O)c1ccsc1)c1ccco1. The molecule has 0 fully saturated rings. The molecule has 2 aromatic rings. The molecule has 0 radical (unpaired) electrons. The molecule has 0 aliphatic heterocycles. The van der Waals surface area contributed by atoms with Crippen molar-refractivity contribution in [2.75, 3.05) is 20.6 Å². The van der Waals surface area contributed by atoms with Crippen molar-refractivity contribution < 1.29 is 9.21 Å². The number of carbonyl (C=O) groups excluding carboxylic acids is 1. The Bertz CT molecular complexity index is 477. The van der Waals surface area contributed by atoms with E-state index in [0.717, 1.165) is 5.76 Å². The Morgan fingerprint density at radius 2 is 2.33 bits per heavy atom. The molecule has 0 aromatic carbocycles. The second-order valence-electron chi connectivity index (χ2n) is 4.22. The van der Waals surface area contributed by atoms with E-state index < -0.39 is 0 Å². The maximum atomic E-state index is 11.8. The third-order valence-corrected chi connectivity index (χ3v) is 3.42. The number of nitrogens with zero attached hydrogens (tertiary/aromatic N) is 1. The number of hydrogen-bond donors (Lipinski definition) is 1. The molecule has 18 heavy (non-hydrogen) atoms. The summed E-state index contributed by atoms with van der Waals surface area (Å²) in [6, 6.07) is 5.63. The summed E-state index contributed by atoms with van der Waals surface area (Å²) in [6.45, 7) is 0.523. The van der Waals surface area contributed by atoms with Gasteiger partial charge in [-0.05, 0) is 37.7 Å². The van der Waals surface area contributed by atoms with Crippen LogP contribution in [0.25, 0.3) is 0 Å². The van der Waals surface area contributed by atoms with Gasteiger partial charge < -0.3 is 9.73 Å². The van der Waals surface area contributed by atoms with E-state index >= 15 is 0 Å².